The average Bonchev–Trinajstić information content (AvgIpc) is 2.66. The Labute approximate surface area is 160 Å². The first kappa shape index (κ1) is 20.7. The molecule has 1 N–H and O–H groups in total. The van der Waals surface area contributed by atoms with Crippen molar-refractivity contribution in [3.8, 4) is 0 Å². The molecule has 3 nitrogen and oxygen atoms in total. The van der Waals surface area contributed by atoms with Crippen molar-refractivity contribution in [3.05, 3.63) is 12.7 Å². The quantitative estimate of drug-likeness (QED) is 0.704. The van der Waals surface area contributed by atoms with Crippen LogP contribution in [0, 0.1) is 23.7 Å². The molecule has 0 aromatic rings. The first-order chi connectivity index (χ1) is 12.9. The van der Waals surface area contributed by atoms with Gasteiger partial charge >= 0.3 is 6.18 Å². The van der Waals surface area contributed by atoms with Crippen molar-refractivity contribution in [2.75, 3.05) is 19.6 Å². The predicted molar refractivity (Wildman–Crippen MR) is 100 cm³/mol. The van der Waals surface area contributed by atoms with E-state index in [-0.39, 0.29) is 18.7 Å². The lowest BCUT2D eigenvalue weighted by molar-refractivity contribution is -0.184. The Morgan fingerprint density at radius 1 is 1.07 bits per heavy atom. The normalized spacial score (nSPS) is 35.3. The summed E-state index contributed by atoms with van der Waals surface area (Å²) in [7, 11) is 0. The van der Waals surface area contributed by atoms with Gasteiger partial charge < -0.3 is 5.32 Å². The zero-order valence-electron chi connectivity index (χ0n) is 16.1. The monoisotopic (exact) mass is 386 g/mol. The second-order valence-electron chi connectivity index (χ2n) is 8.88. The maximum atomic E-state index is 12.9. The SMILES string of the molecule is C=CC(=O)NCC1CC2CCCCC2N(CC2CCC(C(F)(F)F)CC2)C1. The van der Waals surface area contributed by atoms with E-state index in [1.54, 1.807) is 0 Å². The number of amides is 1. The topological polar surface area (TPSA) is 32.3 Å². The van der Waals surface area contributed by atoms with Gasteiger partial charge in [-0.3, -0.25) is 9.69 Å². The number of hydrogen-bond donors (Lipinski definition) is 1. The van der Waals surface area contributed by atoms with Crippen LogP contribution in [0.2, 0.25) is 0 Å². The lowest BCUT2D eigenvalue weighted by Gasteiger charge is -2.48. The van der Waals surface area contributed by atoms with Gasteiger partial charge in [0, 0.05) is 25.7 Å². The van der Waals surface area contributed by atoms with Gasteiger partial charge in [0.15, 0.2) is 0 Å². The van der Waals surface area contributed by atoms with E-state index in [9.17, 15) is 18.0 Å². The molecule has 3 atom stereocenters. The molecular formula is C21H33F3N2O. The van der Waals surface area contributed by atoms with Crippen LogP contribution in [0.4, 0.5) is 13.2 Å². The van der Waals surface area contributed by atoms with E-state index in [1.807, 2.05) is 0 Å². The van der Waals surface area contributed by atoms with Crippen LogP contribution < -0.4 is 5.32 Å². The maximum absolute atomic E-state index is 12.9. The summed E-state index contributed by atoms with van der Waals surface area (Å²) in [6.45, 7) is 6.06. The Morgan fingerprint density at radius 2 is 1.78 bits per heavy atom. The molecule has 2 aliphatic carbocycles. The molecule has 2 saturated carbocycles. The fraction of sp³-hybridized carbons (Fsp3) is 0.857. The minimum absolute atomic E-state index is 0.127. The van der Waals surface area contributed by atoms with Crippen LogP contribution in [0.3, 0.4) is 0 Å². The summed E-state index contributed by atoms with van der Waals surface area (Å²) < 4.78 is 38.8. The van der Waals surface area contributed by atoms with Crippen molar-refractivity contribution in [1.29, 1.82) is 0 Å². The minimum Gasteiger partial charge on any atom is -0.352 e. The second kappa shape index (κ2) is 8.97. The summed E-state index contributed by atoms with van der Waals surface area (Å²) in [6, 6.07) is 0.588. The first-order valence-corrected chi connectivity index (χ1v) is 10.6. The molecule has 1 saturated heterocycles. The zero-order valence-corrected chi connectivity index (χ0v) is 16.1. The summed E-state index contributed by atoms with van der Waals surface area (Å²) in [5.74, 6) is 0.259. The molecule has 3 aliphatic rings. The van der Waals surface area contributed by atoms with Gasteiger partial charge in [-0.15, -0.1) is 0 Å². The van der Waals surface area contributed by atoms with E-state index < -0.39 is 12.1 Å². The molecule has 3 unspecified atom stereocenters. The molecule has 154 valence electrons. The summed E-state index contributed by atoms with van der Waals surface area (Å²) in [5.41, 5.74) is 0. The van der Waals surface area contributed by atoms with Gasteiger partial charge in [-0.05, 0) is 68.8 Å². The van der Waals surface area contributed by atoms with Gasteiger partial charge in [0.1, 0.15) is 0 Å². The van der Waals surface area contributed by atoms with Gasteiger partial charge in [-0.25, -0.2) is 0 Å². The third-order valence-corrected chi connectivity index (χ3v) is 7.02. The van der Waals surface area contributed by atoms with Gasteiger partial charge in [0.25, 0.3) is 0 Å². The highest BCUT2D eigenvalue weighted by Crippen LogP contribution is 2.42. The highest BCUT2D eigenvalue weighted by Gasteiger charge is 2.43. The largest absolute Gasteiger partial charge is 0.391 e. The molecule has 3 fully saturated rings. The van der Waals surface area contributed by atoms with E-state index in [1.165, 1.54) is 31.8 Å². The van der Waals surface area contributed by atoms with Crippen LogP contribution in [0.25, 0.3) is 0 Å². The third kappa shape index (κ3) is 5.49. The van der Waals surface area contributed by atoms with Crippen LogP contribution in [-0.2, 0) is 4.79 Å². The highest BCUT2D eigenvalue weighted by molar-refractivity contribution is 5.86. The Balaban J connectivity index is 1.56. The van der Waals surface area contributed by atoms with Crippen molar-refractivity contribution < 1.29 is 18.0 Å². The van der Waals surface area contributed by atoms with Gasteiger partial charge in [-0.2, -0.15) is 13.2 Å². The molecule has 27 heavy (non-hydrogen) atoms. The number of halogens is 3. The number of alkyl halides is 3. The standard InChI is InChI=1S/C21H33F3N2O/c1-2-20(27)25-12-16-11-17-5-3-4-6-19(17)26(14-16)13-15-7-9-18(10-8-15)21(22,23)24/h2,15-19H,1,3-14H2,(H,25,27). The maximum Gasteiger partial charge on any atom is 0.391 e. The number of rotatable bonds is 5. The Bertz CT molecular complexity index is 514. The van der Waals surface area contributed by atoms with E-state index in [0.29, 0.717) is 43.2 Å². The van der Waals surface area contributed by atoms with Crippen LogP contribution >= 0.6 is 0 Å². The van der Waals surface area contributed by atoms with E-state index in [2.05, 4.69) is 16.8 Å². The number of nitrogens with zero attached hydrogens (tertiary/aromatic N) is 1. The number of likely N-dealkylation sites (tertiary alicyclic amines) is 1. The molecule has 1 aliphatic heterocycles. The molecule has 1 amide bonds. The highest BCUT2D eigenvalue weighted by atomic mass is 19.4. The molecule has 0 radical (unpaired) electrons. The first-order valence-electron chi connectivity index (χ1n) is 10.6. The van der Waals surface area contributed by atoms with Crippen molar-refractivity contribution in [2.24, 2.45) is 23.7 Å². The van der Waals surface area contributed by atoms with Crippen molar-refractivity contribution in [3.63, 3.8) is 0 Å². The number of hydrogen-bond acceptors (Lipinski definition) is 2. The third-order valence-electron chi connectivity index (χ3n) is 7.02. The molecule has 6 heteroatoms. The van der Waals surface area contributed by atoms with Crippen LogP contribution in [-0.4, -0.2) is 42.7 Å². The van der Waals surface area contributed by atoms with E-state index in [0.717, 1.165) is 19.5 Å². The Kier molecular flexibility index (Phi) is 6.88. The molecule has 1 heterocycles. The average molecular weight is 387 g/mol. The molecular weight excluding hydrogens is 353 g/mol. The lowest BCUT2D eigenvalue weighted by Crippen LogP contribution is -2.53. The molecule has 3 rings (SSSR count). The lowest BCUT2D eigenvalue weighted by atomic mass is 9.74. The van der Waals surface area contributed by atoms with E-state index in [4.69, 9.17) is 0 Å². The summed E-state index contributed by atoms with van der Waals surface area (Å²) in [5, 5.41) is 2.94. The summed E-state index contributed by atoms with van der Waals surface area (Å²) in [4.78, 5) is 14.1. The van der Waals surface area contributed by atoms with Crippen LogP contribution in [0.15, 0.2) is 12.7 Å². The van der Waals surface area contributed by atoms with Crippen molar-refractivity contribution in [1.82, 2.24) is 10.2 Å². The van der Waals surface area contributed by atoms with Crippen LogP contribution in [0.5, 0.6) is 0 Å². The van der Waals surface area contributed by atoms with Gasteiger partial charge in [-0.1, -0.05) is 19.4 Å². The van der Waals surface area contributed by atoms with Crippen molar-refractivity contribution in [2.45, 2.75) is 70.0 Å². The molecule has 0 aromatic carbocycles. The molecule has 0 spiro atoms. The fourth-order valence-electron chi connectivity index (χ4n) is 5.59. The van der Waals surface area contributed by atoms with Gasteiger partial charge in [0.2, 0.25) is 5.91 Å². The fourth-order valence-corrected chi connectivity index (χ4v) is 5.59. The summed E-state index contributed by atoms with van der Waals surface area (Å²) >= 11 is 0. The zero-order chi connectivity index (χ0) is 19.4. The number of piperidine rings is 1. The smallest absolute Gasteiger partial charge is 0.352 e. The van der Waals surface area contributed by atoms with Gasteiger partial charge in [0.05, 0.1) is 5.92 Å². The second-order valence-corrected chi connectivity index (χ2v) is 8.88. The van der Waals surface area contributed by atoms with E-state index >= 15 is 0 Å². The number of nitrogens with one attached hydrogen (secondary N) is 1. The predicted octanol–water partition coefficient (Wildman–Crippen LogP) is 4.54. The number of fused-ring (bicyclic) bond motifs is 1. The summed E-state index contributed by atoms with van der Waals surface area (Å²) in [6.07, 6.45) is 5.38. The number of carbonyl (C=O) groups is 1. The van der Waals surface area contributed by atoms with Crippen molar-refractivity contribution >= 4 is 5.91 Å². The Hall–Kier alpha value is -1.04. The molecule has 0 bridgehead atoms. The molecule has 0 aromatic heterocycles. The number of carbonyl (C=O) groups excluding carboxylic acids is 1. The Morgan fingerprint density at radius 3 is 2.44 bits per heavy atom. The van der Waals surface area contributed by atoms with Crippen LogP contribution in [0.1, 0.15) is 57.8 Å². The minimum atomic E-state index is -4.03.